The zero-order valence-corrected chi connectivity index (χ0v) is 8.68. The molecule has 2 aromatic heterocycles. The summed E-state index contributed by atoms with van der Waals surface area (Å²) < 4.78 is 7.18. The lowest BCUT2D eigenvalue weighted by atomic mass is 10.2. The Bertz CT molecular complexity index is 432. The summed E-state index contributed by atoms with van der Waals surface area (Å²) >= 11 is 0. The van der Waals surface area contributed by atoms with Crippen molar-refractivity contribution in [2.24, 2.45) is 5.73 Å². The number of nitrogens with zero attached hydrogens (tertiary/aromatic N) is 3. The Hall–Kier alpha value is -1.62. The summed E-state index contributed by atoms with van der Waals surface area (Å²) in [6.45, 7) is 3.50. The van der Waals surface area contributed by atoms with E-state index < -0.39 is 0 Å². The Morgan fingerprint density at radius 2 is 2.40 bits per heavy atom. The number of nitrogens with two attached hydrogens (primary N) is 1. The van der Waals surface area contributed by atoms with Gasteiger partial charge in [0, 0.05) is 19.0 Å². The first kappa shape index (κ1) is 9.92. The monoisotopic (exact) mass is 206 g/mol. The van der Waals surface area contributed by atoms with Gasteiger partial charge in [0.2, 0.25) is 0 Å². The van der Waals surface area contributed by atoms with Crippen LogP contribution in [0.4, 0.5) is 0 Å². The van der Waals surface area contributed by atoms with Crippen LogP contribution in [0.1, 0.15) is 12.7 Å². The lowest BCUT2D eigenvalue weighted by Crippen LogP contribution is -2.01. The molecular weight excluding hydrogens is 192 g/mol. The molecule has 0 fully saturated rings. The summed E-state index contributed by atoms with van der Waals surface area (Å²) in [5.41, 5.74) is 7.23. The van der Waals surface area contributed by atoms with Gasteiger partial charge in [0.25, 0.3) is 0 Å². The average molecular weight is 206 g/mol. The van der Waals surface area contributed by atoms with Crippen LogP contribution < -0.4 is 5.73 Å². The number of hydrogen-bond donors (Lipinski definition) is 1. The van der Waals surface area contributed by atoms with Gasteiger partial charge in [-0.05, 0) is 13.5 Å². The van der Waals surface area contributed by atoms with Gasteiger partial charge < -0.3 is 14.8 Å². The molecule has 0 radical (unpaired) electrons. The Balaban J connectivity index is 2.28. The molecule has 0 aromatic carbocycles. The van der Waals surface area contributed by atoms with Crippen molar-refractivity contribution in [3.63, 3.8) is 0 Å². The quantitative estimate of drug-likeness (QED) is 0.812. The zero-order valence-electron chi connectivity index (χ0n) is 8.68. The number of imidazole rings is 1. The number of rotatable bonds is 4. The second-order valence-corrected chi connectivity index (χ2v) is 3.28. The number of hydrogen-bond acceptors (Lipinski definition) is 4. The van der Waals surface area contributed by atoms with E-state index in [1.807, 2.05) is 10.6 Å². The molecular formula is C10H14N4O. The summed E-state index contributed by atoms with van der Waals surface area (Å²) in [6.07, 6.45) is 4.29. The maximum absolute atomic E-state index is 5.44. The molecule has 2 heterocycles. The molecule has 0 aliphatic heterocycles. The van der Waals surface area contributed by atoms with E-state index in [0.717, 1.165) is 23.7 Å². The minimum Gasteiger partial charge on any atom is -0.361 e. The van der Waals surface area contributed by atoms with Crippen LogP contribution in [0.2, 0.25) is 0 Å². The predicted octanol–water partition coefficient (Wildman–Crippen LogP) is 1.06. The molecule has 0 bridgehead atoms. The molecule has 5 heteroatoms. The van der Waals surface area contributed by atoms with Crippen molar-refractivity contribution in [2.75, 3.05) is 6.54 Å². The van der Waals surface area contributed by atoms with E-state index >= 15 is 0 Å². The Labute approximate surface area is 87.9 Å². The maximum atomic E-state index is 5.44. The van der Waals surface area contributed by atoms with Crippen molar-refractivity contribution in [3.8, 4) is 11.4 Å². The summed E-state index contributed by atoms with van der Waals surface area (Å²) in [5, 5.41) is 3.99. The summed E-state index contributed by atoms with van der Waals surface area (Å²) in [6, 6.07) is 1.91. The van der Waals surface area contributed by atoms with E-state index in [4.69, 9.17) is 10.3 Å². The fourth-order valence-electron chi connectivity index (χ4n) is 1.48. The van der Waals surface area contributed by atoms with E-state index in [0.29, 0.717) is 13.0 Å². The average Bonchev–Trinajstić information content (AvgIpc) is 2.84. The highest BCUT2D eigenvalue weighted by Crippen LogP contribution is 2.18. The normalized spacial score (nSPS) is 10.8. The van der Waals surface area contributed by atoms with Crippen LogP contribution >= 0.6 is 0 Å². The molecule has 80 valence electrons. The van der Waals surface area contributed by atoms with Gasteiger partial charge in [0.05, 0.1) is 18.2 Å². The smallest absolute Gasteiger partial charge is 0.138 e. The summed E-state index contributed by atoms with van der Waals surface area (Å²) in [5.74, 6) is 0.816. The van der Waals surface area contributed by atoms with Gasteiger partial charge in [-0.15, -0.1) is 0 Å². The first-order valence-corrected chi connectivity index (χ1v) is 5.01. The molecule has 0 saturated carbocycles. The van der Waals surface area contributed by atoms with Gasteiger partial charge in [0.1, 0.15) is 11.5 Å². The Kier molecular flexibility index (Phi) is 2.82. The van der Waals surface area contributed by atoms with Crippen LogP contribution in [-0.4, -0.2) is 21.3 Å². The molecule has 0 spiro atoms. The van der Waals surface area contributed by atoms with E-state index in [2.05, 4.69) is 17.1 Å². The molecule has 2 aromatic rings. The van der Waals surface area contributed by atoms with E-state index in [1.54, 1.807) is 12.5 Å². The highest BCUT2D eigenvalue weighted by Gasteiger charge is 2.09. The van der Waals surface area contributed by atoms with Gasteiger partial charge in [-0.1, -0.05) is 5.16 Å². The highest BCUT2D eigenvalue weighted by molar-refractivity contribution is 5.53. The topological polar surface area (TPSA) is 69.9 Å². The van der Waals surface area contributed by atoms with Crippen LogP contribution in [0.3, 0.4) is 0 Å². The third kappa shape index (κ3) is 1.92. The van der Waals surface area contributed by atoms with Crippen molar-refractivity contribution >= 4 is 0 Å². The van der Waals surface area contributed by atoms with Crippen molar-refractivity contribution in [1.82, 2.24) is 14.7 Å². The van der Waals surface area contributed by atoms with Crippen LogP contribution in [0.15, 0.2) is 23.1 Å². The SMILES string of the molecule is CCn1cncc1-c1cc(CCN)on1. The van der Waals surface area contributed by atoms with Crippen molar-refractivity contribution in [1.29, 1.82) is 0 Å². The molecule has 0 atom stereocenters. The minimum atomic E-state index is 0.571. The molecule has 2 N–H and O–H groups in total. The van der Waals surface area contributed by atoms with Gasteiger partial charge in [0.15, 0.2) is 0 Å². The Morgan fingerprint density at radius 3 is 3.13 bits per heavy atom. The van der Waals surface area contributed by atoms with Gasteiger partial charge in [-0.25, -0.2) is 4.98 Å². The summed E-state index contributed by atoms with van der Waals surface area (Å²) in [4.78, 5) is 4.08. The van der Waals surface area contributed by atoms with Crippen LogP contribution in [-0.2, 0) is 13.0 Å². The molecule has 0 aliphatic carbocycles. The van der Waals surface area contributed by atoms with Crippen LogP contribution in [0.5, 0.6) is 0 Å². The highest BCUT2D eigenvalue weighted by atomic mass is 16.5. The maximum Gasteiger partial charge on any atom is 0.138 e. The summed E-state index contributed by atoms with van der Waals surface area (Å²) in [7, 11) is 0. The lowest BCUT2D eigenvalue weighted by molar-refractivity contribution is 0.386. The third-order valence-corrected chi connectivity index (χ3v) is 2.27. The van der Waals surface area contributed by atoms with E-state index in [9.17, 15) is 0 Å². The standard InChI is InChI=1S/C10H14N4O/c1-2-14-7-12-6-10(14)9-5-8(3-4-11)15-13-9/h5-7H,2-4,11H2,1H3. The zero-order chi connectivity index (χ0) is 10.7. The second-order valence-electron chi connectivity index (χ2n) is 3.28. The number of aromatic nitrogens is 3. The fourth-order valence-corrected chi connectivity index (χ4v) is 1.48. The van der Waals surface area contributed by atoms with Crippen LogP contribution in [0.25, 0.3) is 11.4 Å². The fraction of sp³-hybridized carbons (Fsp3) is 0.400. The van der Waals surface area contributed by atoms with Gasteiger partial charge in [-0.2, -0.15) is 0 Å². The van der Waals surface area contributed by atoms with Crippen LogP contribution in [0, 0.1) is 0 Å². The first-order chi connectivity index (χ1) is 7.35. The molecule has 0 aliphatic rings. The first-order valence-electron chi connectivity index (χ1n) is 5.01. The van der Waals surface area contributed by atoms with Gasteiger partial charge >= 0.3 is 0 Å². The number of aryl methyl sites for hydroxylation is 1. The van der Waals surface area contributed by atoms with E-state index in [-0.39, 0.29) is 0 Å². The predicted molar refractivity (Wildman–Crippen MR) is 56.2 cm³/mol. The molecule has 0 amide bonds. The third-order valence-electron chi connectivity index (χ3n) is 2.27. The molecule has 15 heavy (non-hydrogen) atoms. The largest absolute Gasteiger partial charge is 0.361 e. The molecule has 5 nitrogen and oxygen atoms in total. The molecule has 0 unspecified atom stereocenters. The molecule has 0 saturated heterocycles. The lowest BCUT2D eigenvalue weighted by Gasteiger charge is -1.99. The van der Waals surface area contributed by atoms with Crippen molar-refractivity contribution in [3.05, 3.63) is 24.4 Å². The Morgan fingerprint density at radius 1 is 1.53 bits per heavy atom. The minimum absolute atomic E-state index is 0.571. The molecule has 2 rings (SSSR count). The second kappa shape index (κ2) is 4.27. The van der Waals surface area contributed by atoms with E-state index in [1.165, 1.54) is 0 Å². The van der Waals surface area contributed by atoms with Crippen molar-refractivity contribution < 1.29 is 4.52 Å². The van der Waals surface area contributed by atoms with Crippen molar-refractivity contribution in [2.45, 2.75) is 19.9 Å². The van der Waals surface area contributed by atoms with Gasteiger partial charge in [-0.3, -0.25) is 0 Å².